The number of nitrogens with one attached hydrogen (secondary N) is 2. The molecule has 0 radical (unpaired) electrons. The van der Waals surface area contributed by atoms with E-state index in [9.17, 15) is 4.79 Å². The van der Waals surface area contributed by atoms with E-state index >= 15 is 0 Å². The molecule has 6 heteroatoms. The normalized spacial score (nSPS) is 10.5. The minimum Gasteiger partial charge on any atom is -0.380 e. The first kappa shape index (κ1) is 14.2. The van der Waals surface area contributed by atoms with Crippen molar-refractivity contribution < 1.29 is 9.53 Å². The SMILES string of the molecule is CCCc1nc(C(=O)Nc2ccccc2COC)n[nH]1. The molecule has 106 valence electrons. The fourth-order valence-corrected chi connectivity index (χ4v) is 1.85. The Morgan fingerprint density at radius 3 is 2.95 bits per heavy atom. The monoisotopic (exact) mass is 274 g/mol. The van der Waals surface area contributed by atoms with Crippen LogP contribution in [0.3, 0.4) is 0 Å². The largest absolute Gasteiger partial charge is 0.380 e. The summed E-state index contributed by atoms with van der Waals surface area (Å²) in [5.74, 6) is 0.552. The van der Waals surface area contributed by atoms with Crippen molar-refractivity contribution in [3.05, 3.63) is 41.5 Å². The van der Waals surface area contributed by atoms with Gasteiger partial charge in [0.25, 0.3) is 5.91 Å². The van der Waals surface area contributed by atoms with E-state index < -0.39 is 0 Å². The molecule has 0 spiro atoms. The molecule has 0 aliphatic rings. The van der Waals surface area contributed by atoms with E-state index in [0.717, 1.165) is 24.2 Å². The number of methoxy groups -OCH3 is 1. The molecule has 0 saturated carbocycles. The first-order valence-electron chi connectivity index (χ1n) is 6.54. The summed E-state index contributed by atoms with van der Waals surface area (Å²) in [5.41, 5.74) is 1.62. The number of hydrogen-bond acceptors (Lipinski definition) is 4. The van der Waals surface area contributed by atoms with E-state index in [1.165, 1.54) is 0 Å². The number of hydrogen-bond donors (Lipinski definition) is 2. The molecule has 2 aromatic rings. The van der Waals surface area contributed by atoms with Crippen molar-refractivity contribution in [2.24, 2.45) is 0 Å². The molecule has 0 saturated heterocycles. The van der Waals surface area contributed by atoms with Gasteiger partial charge in [-0.2, -0.15) is 0 Å². The lowest BCUT2D eigenvalue weighted by Gasteiger charge is -2.08. The standard InChI is InChI=1S/C14H18N4O2/c1-3-6-12-16-13(18-17-12)14(19)15-11-8-5-4-7-10(11)9-20-2/h4-5,7-8H,3,6,9H2,1-2H3,(H,15,19)(H,16,17,18). The quantitative estimate of drug-likeness (QED) is 0.846. The molecule has 0 fully saturated rings. The fraction of sp³-hybridized carbons (Fsp3) is 0.357. The zero-order valence-corrected chi connectivity index (χ0v) is 11.6. The highest BCUT2D eigenvalue weighted by Crippen LogP contribution is 2.16. The van der Waals surface area contributed by atoms with E-state index in [1.54, 1.807) is 7.11 Å². The minimum absolute atomic E-state index is 0.153. The Bertz CT molecular complexity index is 580. The molecule has 1 aromatic heterocycles. The lowest BCUT2D eigenvalue weighted by atomic mass is 10.2. The maximum atomic E-state index is 12.1. The van der Waals surface area contributed by atoms with Crippen LogP contribution >= 0.6 is 0 Å². The Kier molecular flexibility index (Phi) is 4.84. The van der Waals surface area contributed by atoms with Crippen LogP contribution in [0.1, 0.15) is 35.4 Å². The van der Waals surface area contributed by atoms with Gasteiger partial charge in [0, 0.05) is 24.8 Å². The highest BCUT2D eigenvalue weighted by molar-refractivity contribution is 6.01. The van der Waals surface area contributed by atoms with Crippen LogP contribution in [0.5, 0.6) is 0 Å². The number of carbonyl (C=O) groups is 1. The van der Waals surface area contributed by atoms with Crippen molar-refractivity contribution in [3.8, 4) is 0 Å². The van der Waals surface area contributed by atoms with Crippen LogP contribution in [0.25, 0.3) is 0 Å². The molecule has 1 heterocycles. The number of aryl methyl sites for hydroxylation is 1. The van der Waals surface area contributed by atoms with E-state index in [-0.39, 0.29) is 11.7 Å². The molecule has 0 aliphatic carbocycles. The van der Waals surface area contributed by atoms with E-state index in [4.69, 9.17) is 4.74 Å². The van der Waals surface area contributed by atoms with Crippen LogP contribution in [0.4, 0.5) is 5.69 Å². The van der Waals surface area contributed by atoms with E-state index in [0.29, 0.717) is 12.3 Å². The Hall–Kier alpha value is -2.21. The van der Waals surface area contributed by atoms with Crippen LogP contribution in [-0.4, -0.2) is 28.2 Å². The van der Waals surface area contributed by atoms with Crippen molar-refractivity contribution in [1.29, 1.82) is 0 Å². The topological polar surface area (TPSA) is 79.9 Å². The molecule has 0 aliphatic heterocycles. The smallest absolute Gasteiger partial charge is 0.295 e. The maximum Gasteiger partial charge on any atom is 0.295 e. The van der Waals surface area contributed by atoms with Gasteiger partial charge in [0.1, 0.15) is 5.82 Å². The predicted molar refractivity (Wildman–Crippen MR) is 75.5 cm³/mol. The Morgan fingerprint density at radius 2 is 2.20 bits per heavy atom. The van der Waals surface area contributed by atoms with Gasteiger partial charge in [-0.15, -0.1) is 5.10 Å². The summed E-state index contributed by atoms with van der Waals surface area (Å²) in [5, 5.41) is 9.50. The number of para-hydroxylation sites is 1. The van der Waals surface area contributed by atoms with Crippen molar-refractivity contribution >= 4 is 11.6 Å². The van der Waals surface area contributed by atoms with Crippen molar-refractivity contribution in [2.75, 3.05) is 12.4 Å². The summed E-state index contributed by atoms with van der Waals surface area (Å²) in [6.07, 6.45) is 1.73. The molecule has 6 nitrogen and oxygen atoms in total. The number of ether oxygens (including phenoxy) is 1. The highest BCUT2D eigenvalue weighted by atomic mass is 16.5. The molecule has 0 unspecified atom stereocenters. The number of nitrogens with zero attached hydrogens (tertiary/aromatic N) is 2. The van der Waals surface area contributed by atoms with E-state index in [2.05, 4.69) is 20.5 Å². The second-order valence-corrected chi connectivity index (χ2v) is 4.40. The third-order valence-corrected chi connectivity index (χ3v) is 2.79. The predicted octanol–water partition coefficient (Wildman–Crippen LogP) is 2.16. The van der Waals surface area contributed by atoms with Crippen LogP contribution in [0, 0.1) is 0 Å². The number of amides is 1. The molecule has 1 aromatic carbocycles. The molecular formula is C14H18N4O2. The zero-order valence-electron chi connectivity index (χ0n) is 11.6. The molecular weight excluding hydrogens is 256 g/mol. The van der Waals surface area contributed by atoms with Crippen molar-refractivity contribution in [1.82, 2.24) is 15.2 Å². The highest BCUT2D eigenvalue weighted by Gasteiger charge is 2.13. The summed E-state index contributed by atoms with van der Waals surface area (Å²) in [6, 6.07) is 7.48. The van der Waals surface area contributed by atoms with Gasteiger partial charge in [-0.05, 0) is 12.5 Å². The Morgan fingerprint density at radius 1 is 1.40 bits per heavy atom. The number of aromatic amines is 1. The number of benzene rings is 1. The second-order valence-electron chi connectivity index (χ2n) is 4.40. The summed E-state index contributed by atoms with van der Waals surface area (Å²) in [6.45, 7) is 2.48. The number of carbonyl (C=O) groups excluding carboxylic acids is 1. The minimum atomic E-state index is -0.327. The third-order valence-electron chi connectivity index (χ3n) is 2.79. The van der Waals surface area contributed by atoms with Crippen LogP contribution < -0.4 is 5.32 Å². The zero-order chi connectivity index (χ0) is 14.4. The maximum absolute atomic E-state index is 12.1. The lowest BCUT2D eigenvalue weighted by molar-refractivity contribution is 0.101. The number of aromatic nitrogens is 3. The van der Waals surface area contributed by atoms with Gasteiger partial charge in [0.15, 0.2) is 0 Å². The Labute approximate surface area is 117 Å². The van der Waals surface area contributed by atoms with Crippen LogP contribution in [0.2, 0.25) is 0 Å². The fourth-order valence-electron chi connectivity index (χ4n) is 1.85. The lowest BCUT2D eigenvalue weighted by Crippen LogP contribution is -2.15. The van der Waals surface area contributed by atoms with Crippen LogP contribution in [-0.2, 0) is 17.8 Å². The summed E-state index contributed by atoms with van der Waals surface area (Å²) < 4.78 is 5.10. The molecule has 20 heavy (non-hydrogen) atoms. The summed E-state index contributed by atoms with van der Waals surface area (Å²) in [7, 11) is 1.62. The molecule has 0 atom stereocenters. The first-order valence-corrected chi connectivity index (χ1v) is 6.54. The first-order chi connectivity index (χ1) is 9.74. The third kappa shape index (κ3) is 3.42. The van der Waals surface area contributed by atoms with Gasteiger partial charge in [-0.1, -0.05) is 25.1 Å². The van der Waals surface area contributed by atoms with Gasteiger partial charge in [0.05, 0.1) is 6.61 Å². The van der Waals surface area contributed by atoms with Gasteiger partial charge in [-0.25, -0.2) is 4.98 Å². The molecule has 2 N–H and O–H groups in total. The average molecular weight is 274 g/mol. The van der Waals surface area contributed by atoms with E-state index in [1.807, 2.05) is 31.2 Å². The van der Waals surface area contributed by atoms with Crippen molar-refractivity contribution in [2.45, 2.75) is 26.4 Å². The Balaban J connectivity index is 2.10. The average Bonchev–Trinajstić information content (AvgIpc) is 2.90. The van der Waals surface area contributed by atoms with Gasteiger partial charge in [-0.3, -0.25) is 9.89 Å². The van der Waals surface area contributed by atoms with Gasteiger partial charge in [0.2, 0.25) is 5.82 Å². The molecule has 0 bridgehead atoms. The number of anilines is 1. The molecule has 1 amide bonds. The number of rotatable bonds is 6. The van der Waals surface area contributed by atoms with Crippen LogP contribution in [0.15, 0.2) is 24.3 Å². The molecule has 2 rings (SSSR count). The summed E-state index contributed by atoms with van der Waals surface area (Å²) >= 11 is 0. The second kappa shape index (κ2) is 6.81. The number of H-pyrrole nitrogens is 1. The summed E-state index contributed by atoms with van der Waals surface area (Å²) in [4.78, 5) is 16.3. The van der Waals surface area contributed by atoms with Gasteiger partial charge >= 0.3 is 0 Å². The van der Waals surface area contributed by atoms with Gasteiger partial charge < -0.3 is 10.1 Å². The van der Waals surface area contributed by atoms with Crippen molar-refractivity contribution in [3.63, 3.8) is 0 Å².